The fourth-order valence-corrected chi connectivity index (χ4v) is 6.34. The van der Waals surface area contributed by atoms with Gasteiger partial charge in [0.1, 0.15) is 0 Å². The molecule has 2 aromatic rings. The van der Waals surface area contributed by atoms with E-state index in [-0.39, 0.29) is 41.1 Å². The molecular weight excluding hydrogens is 498 g/mol. The third-order valence-electron chi connectivity index (χ3n) is 4.39. The molecule has 1 aliphatic rings. The zero-order valence-corrected chi connectivity index (χ0v) is 18.4. The van der Waals surface area contributed by atoms with Crippen LogP contribution < -0.4 is 0 Å². The Morgan fingerprint density at radius 3 is 1.94 bits per heavy atom. The van der Waals surface area contributed by atoms with E-state index in [9.17, 15) is 34.8 Å². The number of hydrogen-bond acceptors (Lipinski definition) is 6. The Morgan fingerprint density at radius 1 is 0.875 bits per heavy atom. The van der Waals surface area contributed by atoms with Crippen molar-refractivity contribution in [3.63, 3.8) is 0 Å². The van der Waals surface area contributed by atoms with E-state index >= 15 is 0 Å². The van der Waals surface area contributed by atoms with Crippen molar-refractivity contribution < 1.29 is 34.8 Å². The van der Waals surface area contributed by atoms with Crippen molar-refractivity contribution in [3.05, 3.63) is 53.1 Å². The molecule has 0 aromatic heterocycles. The first-order valence-corrected chi connectivity index (χ1v) is 12.3. The van der Waals surface area contributed by atoms with Gasteiger partial charge in [0.25, 0.3) is 0 Å². The molecule has 172 valence electrons. The number of halogens is 6. The molecule has 1 aliphatic heterocycles. The van der Waals surface area contributed by atoms with Gasteiger partial charge in [-0.3, -0.25) is 0 Å². The molecule has 1 fully saturated rings. The summed E-state index contributed by atoms with van der Waals surface area (Å²) in [6.07, 6.45) is -9.92. The number of nitriles is 1. The second-order valence-corrected chi connectivity index (χ2v) is 11.3. The predicted molar refractivity (Wildman–Crippen MR) is 108 cm³/mol. The van der Waals surface area contributed by atoms with E-state index in [0.29, 0.717) is 33.7 Å². The maximum atomic E-state index is 13.2. The van der Waals surface area contributed by atoms with Gasteiger partial charge in [-0.2, -0.15) is 31.6 Å². The quantitative estimate of drug-likeness (QED) is 0.399. The molecule has 1 saturated heterocycles. The molecule has 0 spiro atoms. The lowest BCUT2D eigenvalue weighted by Crippen LogP contribution is -2.36. The highest BCUT2D eigenvalue weighted by molar-refractivity contribution is 8.01. The average Bonchev–Trinajstić information content (AvgIpc) is 2.69. The van der Waals surface area contributed by atoms with Crippen LogP contribution >= 0.6 is 23.7 Å². The van der Waals surface area contributed by atoms with Gasteiger partial charge in [-0.1, -0.05) is 11.8 Å². The first kappa shape index (κ1) is 24.8. The van der Waals surface area contributed by atoms with E-state index in [2.05, 4.69) is 0 Å². The first-order chi connectivity index (χ1) is 14.8. The number of hydrogen-bond donors (Lipinski definition) is 0. The van der Waals surface area contributed by atoms with Crippen molar-refractivity contribution in [1.82, 2.24) is 4.31 Å². The topological polar surface area (TPSA) is 61.2 Å². The van der Waals surface area contributed by atoms with Crippen molar-refractivity contribution >= 4 is 33.5 Å². The molecular formula is C19H14F6N2O2S3. The molecule has 32 heavy (non-hydrogen) atoms. The van der Waals surface area contributed by atoms with Gasteiger partial charge in [0.15, 0.2) is 9.84 Å². The molecule has 0 radical (unpaired) electrons. The highest BCUT2D eigenvalue weighted by Gasteiger charge is 2.37. The van der Waals surface area contributed by atoms with Crippen molar-refractivity contribution in [2.45, 2.75) is 27.0 Å². The van der Waals surface area contributed by atoms with Crippen LogP contribution in [0, 0.1) is 11.3 Å². The highest BCUT2D eigenvalue weighted by atomic mass is 32.2. The van der Waals surface area contributed by atoms with E-state index in [4.69, 9.17) is 5.26 Å². The summed E-state index contributed by atoms with van der Waals surface area (Å²) in [5.74, 6) is -0.133. The van der Waals surface area contributed by atoms with Gasteiger partial charge < -0.3 is 0 Å². The SMILES string of the molecule is N#Cc1ccc(Sc2cc(C(F)(F)F)cc(C(F)(F)F)c2)c(SN2CCS(=O)(=O)CC2)c1. The van der Waals surface area contributed by atoms with Gasteiger partial charge in [-0.25, -0.2) is 12.7 Å². The first-order valence-electron chi connectivity index (χ1n) is 8.92. The zero-order chi connectivity index (χ0) is 23.7. The summed E-state index contributed by atoms with van der Waals surface area (Å²) >= 11 is 1.82. The van der Waals surface area contributed by atoms with E-state index in [1.165, 1.54) is 18.2 Å². The minimum Gasteiger partial charge on any atom is -0.244 e. The lowest BCUT2D eigenvalue weighted by Gasteiger charge is -2.26. The Labute approximate surface area is 188 Å². The van der Waals surface area contributed by atoms with E-state index in [1.807, 2.05) is 6.07 Å². The lowest BCUT2D eigenvalue weighted by atomic mass is 10.1. The molecule has 4 nitrogen and oxygen atoms in total. The maximum Gasteiger partial charge on any atom is 0.416 e. The minimum absolute atomic E-state index is 0.0622. The van der Waals surface area contributed by atoms with Crippen molar-refractivity contribution in [2.75, 3.05) is 24.6 Å². The van der Waals surface area contributed by atoms with Crippen molar-refractivity contribution in [2.24, 2.45) is 0 Å². The summed E-state index contributed by atoms with van der Waals surface area (Å²) in [5, 5.41) is 9.16. The highest BCUT2D eigenvalue weighted by Crippen LogP contribution is 2.42. The van der Waals surface area contributed by atoms with Crippen LogP contribution in [0.3, 0.4) is 0 Å². The summed E-state index contributed by atoms with van der Waals surface area (Å²) in [5.41, 5.74) is -2.58. The van der Waals surface area contributed by atoms with Gasteiger partial charge in [0.2, 0.25) is 0 Å². The molecule has 0 bridgehead atoms. The van der Waals surface area contributed by atoms with Crippen molar-refractivity contribution in [1.29, 1.82) is 5.26 Å². The second-order valence-electron chi connectivity index (χ2n) is 6.79. The van der Waals surface area contributed by atoms with Gasteiger partial charge in [-0.05, 0) is 48.3 Å². The van der Waals surface area contributed by atoms with Crippen LogP contribution in [0.4, 0.5) is 26.3 Å². The predicted octanol–water partition coefficient (Wildman–Crippen LogP) is 5.48. The van der Waals surface area contributed by atoms with Crippen LogP contribution in [0.1, 0.15) is 16.7 Å². The second kappa shape index (κ2) is 9.17. The molecule has 0 atom stereocenters. The number of benzene rings is 2. The van der Waals surface area contributed by atoms with Crippen LogP contribution in [-0.2, 0) is 22.2 Å². The summed E-state index contributed by atoms with van der Waals surface area (Å²) in [4.78, 5) is 0.508. The normalized spacial score (nSPS) is 17.2. The summed E-state index contributed by atoms with van der Waals surface area (Å²) in [7, 11) is -3.14. The standard InChI is InChI=1S/C19H14F6N2O2S3/c20-18(21,22)13-8-14(19(23,24)25)10-15(9-13)30-16-2-1-12(11-26)7-17(16)31-27-3-5-32(28,29)6-4-27/h1-2,7-10H,3-6H2. The monoisotopic (exact) mass is 512 g/mol. The van der Waals surface area contributed by atoms with E-state index in [1.54, 1.807) is 4.31 Å². The fraction of sp³-hybridized carbons (Fsp3) is 0.316. The van der Waals surface area contributed by atoms with Gasteiger partial charge in [-0.15, -0.1) is 0 Å². The van der Waals surface area contributed by atoms with E-state index < -0.39 is 33.3 Å². The molecule has 0 N–H and O–H groups in total. The Morgan fingerprint density at radius 2 is 1.44 bits per heavy atom. The Bertz CT molecular complexity index is 1110. The van der Waals surface area contributed by atoms with Crippen LogP contribution in [0.5, 0.6) is 0 Å². The largest absolute Gasteiger partial charge is 0.416 e. The zero-order valence-electron chi connectivity index (χ0n) is 16.0. The van der Waals surface area contributed by atoms with Crippen LogP contribution in [-0.4, -0.2) is 37.3 Å². The number of rotatable bonds is 4. The smallest absolute Gasteiger partial charge is 0.244 e. The average molecular weight is 513 g/mol. The molecule has 1 heterocycles. The molecule has 0 saturated carbocycles. The Balaban J connectivity index is 1.96. The summed E-state index contributed by atoms with van der Waals surface area (Å²) in [6, 6.07) is 7.59. The fourth-order valence-electron chi connectivity index (χ4n) is 2.77. The van der Waals surface area contributed by atoms with Gasteiger partial charge >= 0.3 is 12.4 Å². The number of alkyl halides is 6. The van der Waals surface area contributed by atoms with Gasteiger partial charge in [0, 0.05) is 27.8 Å². The number of nitrogens with zero attached hydrogens (tertiary/aromatic N) is 2. The molecule has 0 amide bonds. The molecule has 13 heteroatoms. The number of sulfone groups is 1. The summed E-state index contributed by atoms with van der Waals surface area (Å²) in [6.45, 7) is 0.408. The Kier molecular flexibility index (Phi) is 7.09. The van der Waals surface area contributed by atoms with Crippen LogP contribution in [0.25, 0.3) is 0 Å². The molecule has 3 rings (SSSR count). The lowest BCUT2D eigenvalue weighted by molar-refractivity contribution is -0.143. The van der Waals surface area contributed by atoms with E-state index in [0.717, 1.165) is 11.9 Å². The Hall–Kier alpha value is -1.88. The van der Waals surface area contributed by atoms with Crippen LogP contribution in [0.2, 0.25) is 0 Å². The van der Waals surface area contributed by atoms with Gasteiger partial charge in [0.05, 0.1) is 34.3 Å². The minimum atomic E-state index is -4.96. The third-order valence-corrected chi connectivity index (χ3v) is 8.34. The van der Waals surface area contributed by atoms with Crippen LogP contribution in [0.15, 0.2) is 51.1 Å². The maximum absolute atomic E-state index is 13.2. The third kappa shape index (κ3) is 6.34. The molecule has 2 aromatic carbocycles. The molecule has 0 unspecified atom stereocenters. The van der Waals surface area contributed by atoms with Crippen molar-refractivity contribution in [3.8, 4) is 6.07 Å². The molecule has 0 aliphatic carbocycles. The summed E-state index contributed by atoms with van der Waals surface area (Å²) < 4.78 is 104.